The highest BCUT2D eigenvalue weighted by Gasteiger charge is 2.18. The van der Waals surface area contributed by atoms with Crippen LogP contribution in [0.5, 0.6) is 5.75 Å². The summed E-state index contributed by atoms with van der Waals surface area (Å²) in [5.41, 5.74) is 4.18. The zero-order valence-electron chi connectivity index (χ0n) is 18.7. The van der Waals surface area contributed by atoms with Crippen molar-refractivity contribution in [3.05, 3.63) is 69.2 Å². The van der Waals surface area contributed by atoms with Gasteiger partial charge in [-0.3, -0.25) is 9.59 Å². The smallest absolute Gasteiger partial charge is 0.344 e. The molecule has 0 saturated heterocycles. The Kier molecular flexibility index (Phi) is 6.93. The number of esters is 1. The first-order valence-corrected chi connectivity index (χ1v) is 11.7. The van der Waals surface area contributed by atoms with E-state index < -0.39 is 5.97 Å². The topological polar surface area (TPSA) is 86.6 Å². The summed E-state index contributed by atoms with van der Waals surface area (Å²) >= 11 is 1.72. The van der Waals surface area contributed by atoms with Gasteiger partial charge in [-0.25, -0.2) is 4.79 Å². The van der Waals surface area contributed by atoms with Crippen LogP contribution < -0.4 is 10.1 Å². The second-order valence-electron chi connectivity index (χ2n) is 8.01. The van der Waals surface area contributed by atoms with Crippen LogP contribution in [0.1, 0.15) is 38.6 Å². The van der Waals surface area contributed by atoms with Crippen molar-refractivity contribution in [2.24, 2.45) is 0 Å². The molecule has 33 heavy (non-hydrogen) atoms. The maximum absolute atomic E-state index is 12.7. The molecule has 1 aliphatic heterocycles. The molecule has 3 aromatic rings. The summed E-state index contributed by atoms with van der Waals surface area (Å²) in [4.78, 5) is 37.5. The highest BCUT2D eigenvalue weighted by molar-refractivity contribution is 7.09. The Morgan fingerprint density at radius 3 is 2.76 bits per heavy atom. The molecule has 0 spiro atoms. The monoisotopic (exact) mass is 466 g/mol. The van der Waals surface area contributed by atoms with E-state index in [-0.39, 0.29) is 24.9 Å². The van der Waals surface area contributed by atoms with E-state index in [1.165, 1.54) is 4.88 Å². The highest BCUT2D eigenvalue weighted by Crippen LogP contribution is 2.26. The average Bonchev–Trinajstić information content (AvgIpc) is 3.42. The van der Waals surface area contributed by atoms with E-state index in [9.17, 15) is 14.4 Å². The van der Waals surface area contributed by atoms with Gasteiger partial charge in [0, 0.05) is 40.5 Å². The lowest BCUT2D eigenvalue weighted by Gasteiger charge is -2.17. The first-order chi connectivity index (χ1) is 15.9. The average molecular weight is 467 g/mol. The molecule has 0 unspecified atom stereocenters. The molecule has 0 aliphatic carbocycles. The fourth-order valence-electron chi connectivity index (χ4n) is 3.96. The third kappa shape index (κ3) is 5.51. The highest BCUT2D eigenvalue weighted by atomic mass is 32.1. The lowest BCUT2D eigenvalue weighted by Crippen LogP contribution is -2.21. The summed E-state index contributed by atoms with van der Waals surface area (Å²) in [6.07, 6.45) is 1.96. The molecule has 1 aromatic carbocycles. The molecule has 1 aliphatic rings. The summed E-state index contributed by atoms with van der Waals surface area (Å²) in [5, 5.41) is 4.86. The Labute approximate surface area is 196 Å². The number of carbonyl (C=O) groups is 3. The van der Waals surface area contributed by atoms with Crippen LogP contribution in [-0.2, 0) is 33.7 Å². The maximum Gasteiger partial charge on any atom is 0.344 e. The number of ketones is 1. The van der Waals surface area contributed by atoms with Crippen LogP contribution in [0.25, 0.3) is 0 Å². The number of benzene rings is 1. The van der Waals surface area contributed by atoms with E-state index in [0.29, 0.717) is 24.2 Å². The van der Waals surface area contributed by atoms with Crippen molar-refractivity contribution in [2.45, 2.75) is 39.7 Å². The van der Waals surface area contributed by atoms with Crippen molar-refractivity contribution in [2.75, 3.05) is 18.5 Å². The Morgan fingerprint density at radius 1 is 1.12 bits per heavy atom. The number of hydrogen-bond acceptors (Lipinski definition) is 6. The number of hydrogen-bond donors (Lipinski definition) is 1. The molecule has 2 aromatic heterocycles. The molecule has 3 heterocycles. The Hall–Kier alpha value is -3.39. The normalized spacial score (nSPS) is 12.7. The first-order valence-electron chi connectivity index (χ1n) is 10.8. The number of amides is 1. The van der Waals surface area contributed by atoms with E-state index >= 15 is 0 Å². The summed E-state index contributed by atoms with van der Waals surface area (Å²) in [6.45, 7) is 4.07. The van der Waals surface area contributed by atoms with Gasteiger partial charge in [0.2, 0.25) is 11.7 Å². The van der Waals surface area contributed by atoms with E-state index in [1.807, 2.05) is 26.0 Å². The minimum absolute atomic E-state index is 0.00676. The van der Waals surface area contributed by atoms with Crippen LogP contribution in [0.2, 0.25) is 0 Å². The molecule has 0 radical (unpaired) electrons. The second kappa shape index (κ2) is 10.0. The predicted molar refractivity (Wildman–Crippen MR) is 126 cm³/mol. The zero-order chi connectivity index (χ0) is 23.4. The van der Waals surface area contributed by atoms with Crippen molar-refractivity contribution < 1.29 is 23.9 Å². The van der Waals surface area contributed by atoms with Crippen LogP contribution in [0, 0.1) is 13.8 Å². The van der Waals surface area contributed by atoms with Crippen LogP contribution in [0.3, 0.4) is 0 Å². The number of nitrogens with zero attached hydrogens (tertiary/aromatic N) is 1. The van der Waals surface area contributed by atoms with E-state index in [0.717, 1.165) is 35.6 Å². The number of fused-ring (bicyclic) bond motifs is 1. The van der Waals surface area contributed by atoms with E-state index in [4.69, 9.17) is 9.47 Å². The lowest BCUT2D eigenvalue weighted by molar-refractivity contribution is -0.144. The third-order valence-electron chi connectivity index (χ3n) is 5.73. The Bertz CT molecular complexity index is 1180. The molecule has 4 rings (SSSR count). The van der Waals surface area contributed by atoms with Crippen LogP contribution >= 0.6 is 11.3 Å². The number of rotatable bonds is 9. The van der Waals surface area contributed by atoms with Gasteiger partial charge in [-0.05, 0) is 68.0 Å². The van der Waals surface area contributed by atoms with Gasteiger partial charge in [-0.2, -0.15) is 0 Å². The number of carbonyl (C=O) groups excluding carboxylic acids is 3. The number of ether oxygens (including phenoxy) is 2. The Balaban J connectivity index is 1.27. The SMILES string of the molecule is Cc1cc(C(=O)COC(=O)COc2ccc3c(c2)CCC(=O)N3)c(C)n1CCc1cccs1. The first kappa shape index (κ1) is 22.8. The van der Waals surface area contributed by atoms with Gasteiger partial charge in [-0.15, -0.1) is 11.3 Å². The van der Waals surface area contributed by atoms with E-state index in [2.05, 4.69) is 21.3 Å². The molecule has 1 amide bonds. The molecule has 7 nitrogen and oxygen atoms in total. The number of Topliss-reactive ketones (excluding diaryl/α,β-unsaturated/α-hetero) is 1. The van der Waals surface area contributed by atoms with Crippen molar-refractivity contribution in [3.63, 3.8) is 0 Å². The molecule has 0 saturated carbocycles. The van der Waals surface area contributed by atoms with Crippen molar-refractivity contribution >= 4 is 34.7 Å². The number of aromatic nitrogens is 1. The summed E-state index contributed by atoms with van der Waals surface area (Å²) < 4.78 is 12.8. The van der Waals surface area contributed by atoms with Gasteiger partial charge >= 0.3 is 5.97 Å². The fourth-order valence-corrected chi connectivity index (χ4v) is 4.66. The molecule has 8 heteroatoms. The fraction of sp³-hybridized carbons (Fsp3) is 0.320. The number of anilines is 1. The van der Waals surface area contributed by atoms with Gasteiger partial charge in [0.25, 0.3) is 0 Å². The van der Waals surface area contributed by atoms with Gasteiger partial charge in [0.05, 0.1) is 0 Å². The number of nitrogens with one attached hydrogen (secondary N) is 1. The van der Waals surface area contributed by atoms with Crippen LogP contribution in [0.15, 0.2) is 41.8 Å². The lowest BCUT2D eigenvalue weighted by atomic mass is 10.0. The zero-order valence-corrected chi connectivity index (χ0v) is 19.5. The second-order valence-corrected chi connectivity index (χ2v) is 9.04. The minimum atomic E-state index is -0.610. The summed E-state index contributed by atoms with van der Waals surface area (Å²) in [5.74, 6) is -0.334. The van der Waals surface area contributed by atoms with Crippen molar-refractivity contribution in [3.8, 4) is 5.75 Å². The quantitative estimate of drug-likeness (QED) is 0.379. The van der Waals surface area contributed by atoms with E-state index in [1.54, 1.807) is 29.5 Å². The van der Waals surface area contributed by atoms with Crippen molar-refractivity contribution in [1.29, 1.82) is 0 Å². The van der Waals surface area contributed by atoms with Gasteiger partial charge in [0.15, 0.2) is 13.2 Å². The molecular weight excluding hydrogens is 440 g/mol. The molecule has 0 atom stereocenters. The maximum atomic E-state index is 12.7. The van der Waals surface area contributed by atoms with Crippen LogP contribution in [-0.4, -0.2) is 35.4 Å². The van der Waals surface area contributed by atoms with Crippen molar-refractivity contribution in [1.82, 2.24) is 4.57 Å². The molecule has 0 fully saturated rings. The molecule has 1 N–H and O–H groups in total. The largest absolute Gasteiger partial charge is 0.482 e. The standard InChI is InChI=1S/C25H26N2O5S/c1-16-12-21(17(2)27(16)10-9-20-4-3-11-33-20)23(28)14-32-25(30)15-31-19-6-7-22-18(13-19)5-8-24(29)26-22/h3-4,6-7,11-13H,5,8-10,14-15H2,1-2H3,(H,26,29). The third-order valence-corrected chi connectivity index (χ3v) is 6.67. The summed E-state index contributed by atoms with van der Waals surface area (Å²) in [6, 6.07) is 11.2. The van der Waals surface area contributed by atoms with Gasteiger partial charge in [-0.1, -0.05) is 6.07 Å². The minimum Gasteiger partial charge on any atom is -0.482 e. The number of aryl methyl sites for hydroxylation is 3. The summed E-state index contributed by atoms with van der Waals surface area (Å²) in [7, 11) is 0. The van der Waals surface area contributed by atoms with Crippen LogP contribution in [0.4, 0.5) is 5.69 Å². The molecule has 172 valence electrons. The van der Waals surface area contributed by atoms with Gasteiger partial charge < -0.3 is 19.4 Å². The molecular formula is C25H26N2O5S. The van der Waals surface area contributed by atoms with Gasteiger partial charge in [0.1, 0.15) is 5.75 Å². The Morgan fingerprint density at radius 2 is 1.97 bits per heavy atom. The molecule has 0 bridgehead atoms. The predicted octanol–water partition coefficient (Wildman–Crippen LogP) is 4.10. The number of thiophene rings is 1.